The number of hydrogen-bond acceptors (Lipinski definition) is 5. The number of ether oxygens (including phenoxy) is 1. The lowest BCUT2D eigenvalue weighted by molar-refractivity contribution is 0.306. The van der Waals surface area contributed by atoms with Gasteiger partial charge in [-0.05, 0) is 65.2 Å². The third kappa shape index (κ3) is 6.43. The van der Waals surface area contributed by atoms with Crippen LogP contribution in [0.25, 0.3) is 0 Å². The van der Waals surface area contributed by atoms with Crippen LogP contribution in [0.15, 0.2) is 93.9 Å². The largest absolute Gasteiger partial charge is 0.489 e. The molecule has 1 aromatic heterocycles. The highest BCUT2D eigenvalue weighted by atomic mass is 79.9. The number of benzene rings is 3. The summed E-state index contributed by atoms with van der Waals surface area (Å²) in [7, 11) is 0. The molecule has 0 saturated carbocycles. The quantitative estimate of drug-likeness (QED) is 0.201. The van der Waals surface area contributed by atoms with Crippen LogP contribution in [-0.4, -0.2) is 21.1 Å². The van der Waals surface area contributed by atoms with Crippen molar-refractivity contribution in [2.24, 2.45) is 5.10 Å². The van der Waals surface area contributed by atoms with Crippen molar-refractivity contribution in [2.45, 2.75) is 17.5 Å². The molecular formula is C23H18BrClN4OS. The van der Waals surface area contributed by atoms with Crippen LogP contribution >= 0.6 is 39.3 Å². The molecule has 31 heavy (non-hydrogen) atoms. The number of nitrogens with zero attached hydrogens (tertiary/aromatic N) is 4. The summed E-state index contributed by atoms with van der Waals surface area (Å²) in [6.45, 7) is 0.523. The highest BCUT2D eigenvalue weighted by Crippen LogP contribution is 2.22. The van der Waals surface area contributed by atoms with Gasteiger partial charge in [0.25, 0.3) is 0 Å². The molecule has 0 aliphatic rings. The SMILES string of the molecule is Clc1ccc(CSc2nncn2/N=C/c2ccc(OCc3ccc(Br)cc3)cc2)cc1. The lowest BCUT2D eigenvalue weighted by Crippen LogP contribution is -1.96. The number of thioether (sulfide) groups is 1. The zero-order valence-corrected chi connectivity index (χ0v) is 19.5. The van der Waals surface area contributed by atoms with Crippen LogP contribution in [0.1, 0.15) is 16.7 Å². The van der Waals surface area contributed by atoms with Crippen LogP contribution in [-0.2, 0) is 12.4 Å². The molecule has 0 radical (unpaired) electrons. The van der Waals surface area contributed by atoms with Crippen LogP contribution in [0, 0.1) is 0 Å². The molecular weight excluding hydrogens is 496 g/mol. The summed E-state index contributed by atoms with van der Waals surface area (Å²) < 4.78 is 8.56. The molecule has 156 valence electrons. The van der Waals surface area contributed by atoms with E-state index in [2.05, 4.69) is 31.2 Å². The Morgan fingerprint density at radius 2 is 1.68 bits per heavy atom. The average Bonchev–Trinajstić information content (AvgIpc) is 3.25. The van der Waals surface area contributed by atoms with E-state index in [0.717, 1.165) is 42.8 Å². The fourth-order valence-corrected chi connectivity index (χ4v) is 3.86. The second kappa shape index (κ2) is 10.6. The smallest absolute Gasteiger partial charge is 0.212 e. The average molecular weight is 514 g/mol. The van der Waals surface area contributed by atoms with Gasteiger partial charge in [0.1, 0.15) is 18.7 Å². The van der Waals surface area contributed by atoms with Crippen molar-refractivity contribution in [3.8, 4) is 5.75 Å². The van der Waals surface area contributed by atoms with Gasteiger partial charge in [-0.3, -0.25) is 0 Å². The molecule has 4 rings (SSSR count). The Balaban J connectivity index is 1.33. The zero-order chi connectivity index (χ0) is 21.5. The molecule has 0 fully saturated rings. The van der Waals surface area contributed by atoms with Gasteiger partial charge >= 0.3 is 0 Å². The first-order chi connectivity index (χ1) is 15.2. The predicted molar refractivity (Wildman–Crippen MR) is 129 cm³/mol. The minimum Gasteiger partial charge on any atom is -0.489 e. The van der Waals surface area contributed by atoms with E-state index in [4.69, 9.17) is 16.3 Å². The van der Waals surface area contributed by atoms with E-state index in [1.165, 1.54) is 0 Å². The summed E-state index contributed by atoms with van der Waals surface area (Å²) >= 11 is 10.9. The van der Waals surface area contributed by atoms with Gasteiger partial charge in [0.2, 0.25) is 5.16 Å². The molecule has 0 bridgehead atoms. The Morgan fingerprint density at radius 3 is 2.42 bits per heavy atom. The Kier molecular flexibility index (Phi) is 7.40. The molecule has 4 aromatic rings. The van der Waals surface area contributed by atoms with E-state index < -0.39 is 0 Å². The molecule has 0 aliphatic heterocycles. The van der Waals surface area contributed by atoms with Gasteiger partial charge < -0.3 is 4.74 Å². The van der Waals surface area contributed by atoms with Crippen molar-refractivity contribution in [2.75, 3.05) is 0 Å². The Bertz CT molecular complexity index is 1150. The van der Waals surface area contributed by atoms with Crippen molar-refractivity contribution in [3.63, 3.8) is 0 Å². The second-order valence-electron chi connectivity index (χ2n) is 6.60. The third-order valence-corrected chi connectivity index (χ3v) is 6.10. The van der Waals surface area contributed by atoms with E-state index >= 15 is 0 Å². The number of halogens is 2. The van der Waals surface area contributed by atoms with E-state index in [1.54, 1.807) is 29.0 Å². The summed E-state index contributed by atoms with van der Waals surface area (Å²) in [5, 5.41) is 14.0. The molecule has 0 saturated heterocycles. The maximum atomic E-state index is 5.93. The maximum Gasteiger partial charge on any atom is 0.212 e. The number of aromatic nitrogens is 3. The van der Waals surface area contributed by atoms with E-state index in [0.29, 0.717) is 6.61 Å². The summed E-state index contributed by atoms with van der Waals surface area (Å²) in [5.41, 5.74) is 3.23. The lowest BCUT2D eigenvalue weighted by atomic mass is 10.2. The predicted octanol–water partition coefficient (Wildman–Crippen LogP) is 6.45. The van der Waals surface area contributed by atoms with Crippen LogP contribution < -0.4 is 4.74 Å². The van der Waals surface area contributed by atoms with Crippen LogP contribution in [0.2, 0.25) is 5.02 Å². The topological polar surface area (TPSA) is 52.3 Å². The Hall–Kier alpha value is -2.61. The fraction of sp³-hybridized carbons (Fsp3) is 0.0870. The van der Waals surface area contributed by atoms with Crippen LogP contribution in [0.4, 0.5) is 0 Å². The van der Waals surface area contributed by atoms with Crippen LogP contribution in [0.3, 0.4) is 0 Å². The van der Waals surface area contributed by atoms with Gasteiger partial charge in [-0.1, -0.05) is 63.6 Å². The standard InChI is InChI=1S/C23H18BrClN4OS/c24-20-7-1-18(2-8-20)14-30-22-11-5-17(6-12-22)13-27-29-16-26-28-23(29)31-15-19-3-9-21(25)10-4-19/h1-13,16H,14-15H2/b27-13+. The first kappa shape index (κ1) is 21.6. The van der Waals surface area contributed by atoms with Gasteiger partial charge in [-0.15, -0.1) is 10.2 Å². The van der Waals surface area contributed by atoms with Gasteiger partial charge in [0, 0.05) is 15.2 Å². The first-order valence-corrected chi connectivity index (χ1v) is 11.6. The van der Waals surface area contributed by atoms with Crippen molar-refractivity contribution in [1.29, 1.82) is 0 Å². The van der Waals surface area contributed by atoms with Crippen molar-refractivity contribution in [1.82, 2.24) is 14.9 Å². The molecule has 0 spiro atoms. The van der Waals surface area contributed by atoms with Crippen molar-refractivity contribution in [3.05, 3.63) is 105 Å². The summed E-state index contributed by atoms with van der Waals surface area (Å²) in [4.78, 5) is 0. The summed E-state index contributed by atoms with van der Waals surface area (Å²) in [5.74, 6) is 1.57. The molecule has 8 heteroatoms. The lowest BCUT2D eigenvalue weighted by Gasteiger charge is -2.06. The molecule has 0 N–H and O–H groups in total. The van der Waals surface area contributed by atoms with Crippen molar-refractivity contribution < 1.29 is 4.74 Å². The summed E-state index contributed by atoms with van der Waals surface area (Å²) in [6, 6.07) is 23.6. The van der Waals surface area contributed by atoms with E-state index in [1.807, 2.05) is 72.8 Å². The number of hydrogen-bond donors (Lipinski definition) is 0. The minimum atomic E-state index is 0.523. The first-order valence-electron chi connectivity index (χ1n) is 9.45. The van der Waals surface area contributed by atoms with E-state index in [-0.39, 0.29) is 0 Å². The molecule has 5 nitrogen and oxygen atoms in total. The van der Waals surface area contributed by atoms with Gasteiger partial charge in [-0.25, -0.2) is 0 Å². The highest BCUT2D eigenvalue weighted by molar-refractivity contribution is 9.10. The van der Waals surface area contributed by atoms with Gasteiger partial charge in [0.05, 0.1) is 6.21 Å². The zero-order valence-electron chi connectivity index (χ0n) is 16.4. The monoisotopic (exact) mass is 512 g/mol. The molecule has 0 atom stereocenters. The van der Waals surface area contributed by atoms with Crippen molar-refractivity contribution >= 4 is 45.5 Å². The van der Waals surface area contributed by atoms with E-state index in [9.17, 15) is 0 Å². The van der Waals surface area contributed by atoms with Gasteiger partial charge in [-0.2, -0.15) is 9.78 Å². The summed E-state index contributed by atoms with van der Waals surface area (Å²) in [6.07, 6.45) is 3.37. The molecule has 0 aliphatic carbocycles. The second-order valence-corrected chi connectivity index (χ2v) is 8.90. The van der Waals surface area contributed by atoms with Gasteiger partial charge in [0.15, 0.2) is 0 Å². The van der Waals surface area contributed by atoms with Crippen LogP contribution in [0.5, 0.6) is 5.75 Å². The molecule has 3 aromatic carbocycles. The highest BCUT2D eigenvalue weighted by Gasteiger charge is 2.05. The maximum absolute atomic E-state index is 5.93. The number of rotatable bonds is 8. The fourth-order valence-electron chi connectivity index (χ4n) is 2.65. The third-order valence-electron chi connectivity index (χ3n) is 4.31. The normalized spacial score (nSPS) is 11.2. The Labute approximate surface area is 198 Å². The Morgan fingerprint density at radius 1 is 0.968 bits per heavy atom. The molecule has 0 amide bonds. The minimum absolute atomic E-state index is 0.523. The molecule has 0 unspecified atom stereocenters. The molecule has 1 heterocycles.